The van der Waals surface area contributed by atoms with E-state index in [2.05, 4.69) is 10.3 Å². The van der Waals surface area contributed by atoms with Crippen molar-refractivity contribution in [3.63, 3.8) is 0 Å². The number of rotatable bonds is 3. The van der Waals surface area contributed by atoms with E-state index in [0.717, 1.165) is 0 Å². The second kappa shape index (κ2) is 5.31. The Bertz CT molecular complexity index is 94.9. The van der Waals surface area contributed by atoms with Crippen LogP contribution in [0.5, 0.6) is 0 Å². The van der Waals surface area contributed by atoms with E-state index < -0.39 is 0 Å². The van der Waals surface area contributed by atoms with Crippen molar-refractivity contribution >= 4 is 6.34 Å². The fraction of sp³-hybridized carbons (Fsp3) is 0.500. The normalized spacial score (nSPS) is 15.3. The molecule has 3 nitrogen and oxygen atoms in total. The molecule has 52 valence electrons. The van der Waals surface area contributed by atoms with Crippen molar-refractivity contribution in [1.82, 2.24) is 5.32 Å². The van der Waals surface area contributed by atoms with Crippen LogP contribution in [-0.4, -0.2) is 19.6 Å². The summed E-state index contributed by atoms with van der Waals surface area (Å²) >= 11 is 0. The number of hydrogen-bond donors (Lipinski definition) is 2. The van der Waals surface area contributed by atoms with Gasteiger partial charge in [0.05, 0.1) is 6.34 Å². The highest BCUT2D eigenvalue weighted by molar-refractivity contribution is 5.51. The summed E-state index contributed by atoms with van der Waals surface area (Å²) in [7, 11) is 1.83. The maximum Gasteiger partial charge on any atom is 0.120 e. The number of nitrogens with zero attached hydrogens (tertiary/aromatic N) is 1. The monoisotopic (exact) mass is 127 g/mol. The van der Waals surface area contributed by atoms with Crippen molar-refractivity contribution in [3.05, 3.63) is 12.2 Å². The predicted octanol–water partition coefficient (Wildman–Crippen LogP) is 0.0950. The van der Waals surface area contributed by atoms with Crippen molar-refractivity contribution in [1.29, 1.82) is 0 Å². The second-order valence-electron chi connectivity index (χ2n) is 1.56. The first-order chi connectivity index (χ1) is 4.35. The SMILES string of the molecule is C/C=C/C(N=CN)NC. The summed E-state index contributed by atoms with van der Waals surface area (Å²) in [5.41, 5.74) is 5.07. The quantitative estimate of drug-likeness (QED) is 0.321. The Morgan fingerprint density at radius 2 is 2.33 bits per heavy atom. The molecule has 0 heterocycles. The fourth-order valence-electron chi connectivity index (χ4n) is 0.495. The molecule has 0 amide bonds. The molecule has 0 fully saturated rings. The van der Waals surface area contributed by atoms with E-state index in [1.54, 1.807) is 0 Å². The molecule has 1 unspecified atom stereocenters. The maximum atomic E-state index is 5.07. The van der Waals surface area contributed by atoms with Crippen LogP contribution in [0.3, 0.4) is 0 Å². The molecule has 0 rings (SSSR count). The van der Waals surface area contributed by atoms with Crippen LogP contribution in [-0.2, 0) is 0 Å². The van der Waals surface area contributed by atoms with Crippen molar-refractivity contribution in [3.8, 4) is 0 Å². The van der Waals surface area contributed by atoms with E-state index >= 15 is 0 Å². The molecule has 3 heteroatoms. The van der Waals surface area contributed by atoms with Crippen LogP contribution in [0.1, 0.15) is 6.92 Å². The van der Waals surface area contributed by atoms with Gasteiger partial charge in [0.1, 0.15) is 6.17 Å². The lowest BCUT2D eigenvalue weighted by molar-refractivity contribution is 0.702. The van der Waals surface area contributed by atoms with Gasteiger partial charge in [-0.2, -0.15) is 0 Å². The Kier molecular flexibility index (Phi) is 4.82. The third-order valence-electron chi connectivity index (χ3n) is 0.917. The fourth-order valence-corrected chi connectivity index (χ4v) is 0.495. The Labute approximate surface area is 55.7 Å². The van der Waals surface area contributed by atoms with Crippen LogP contribution in [0, 0.1) is 0 Å². The number of nitrogens with one attached hydrogen (secondary N) is 1. The number of nitrogens with two attached hydrogens (primary N) is 1. The summed E-state index contributed by atoms with van der Waals surface area (Å²) in [5.74, 6) is 0. The largest absolute Gasteiger partial charge is 0.390 e. The van der Waals surface area contributed by atoms with Crippen LogP contribution in [0.2, 0.25) is 0 Å². The first-order valence-electron chi connectivity index (χ1n) is 2.88. The molecular formula is C6H13N3. The molecule has 0 aromatic heterocycles. The molecule has 0 bridgehead atoms. The van der Waals surface area contributed by atoms with E-state index in [4.69, 9.17) is 5.73 Å². The molecular weight excluding hydrogens is 114 g/mol. The van der Waals surface area contributed by atoms with Crippen LogP contribution < -0.4 is 11.1 Å². The van der Waals surface area contributed by atoms with Crippen molar-refractivity contribution in [2.24, 2.45) is 10.7 Å². The molecule has 3 N–H and O–H groups in total. The maximum absolute atomic E-state index is 5.07. The van der Waals surface area contributed by atoms with Crippen molar-refractivity contribution in [2.75, 3.05) is 7.05 Å². The van der Waals surface area contributed by atoms with Gasteiger partial charge in [-0.25, -0.2) is 0 Å². The molecule has 0 radical (unpaired) electrons. The van der Waals surface area contributed by atoms with Gasteiger partial charge in [0.25, 0.3) is 0 Å². The Hall–Kier alpha value is -0.830. The molecule has 9 heavy (non-hydrogen) atoms. The number of likely N-dealkylation sites (N-methyl/N-ethyl adjacent to an activating group) is 1. The van der Waals surface area contributed by atoms with Gasteiger partial charge in [0.15, 0.2) is 0 Å². The highest BCUT2D eigenvalue weighted by atomic mass is 15.0. The lowest BCUT2D eigenvalue weighted by Gasteiger charge is -2.02. The van der Waals surface area contributed by atoms with Crippen LogP contribution >= 0.6 is 0 Å². The second-order valence-corrected chi connectivity index (χ2v) is 1.56. The zero-order valence-corrected chi connectivity index (χ0v) is 5.83. The van der Waals surface area contributed by atoms with Gasteiger partial charge >= 0.3 is 0 Å². The summed E-state index contributed by atoms with van der Waals surface area (Å²) in [4.78, 5) is 3.89. The predicted molar refractivity (Wildman–Crippen MR) is 40.3 cm³/mol. The van der Waals surface area contributed by atoms with E-state index in [-0.39, 0.29) is 6.17 Å². The Morgan fingerprint density at radius 3 is 2.67 bits per heavy atom. The third-order valence-corrected chi connectivity index (χ3v) is 0.917. The highest BCUT2D eigenvalue weighted by Crippen LogP contribution is 1.84. The molecule has 0 saturated heterocycles. The summed E-state index contributed by atoms with van der Waals surface area (Å²) in [6.07, 6.45) is 5.17. The molecule has 1 atom stereocenters. The summed E-state index contributed by atoms with van der Waals surface area (Å²) in [5, 5.41) is 2.94. The molecule has 0 aromatic rings. The summed E-state index contributed by atoms with van der Waals surface area (Å²) in [6.45, 7) is 1.94. The molecule has 0 saturated carbocycles. The average molecular weight is 127 g/mol. The molecule has 0 aliphatic carbocycles. The lowest BCUT2D eigenvalue weighted by Crippen LogP contribution is -2.20. The van der Waals surface area contributed by atoms with Crippen LogP contribution in [0.4, 0.5) is 0 Å². The van der Waals surface area contributed by atoms with Gasteiger partial charge in [0, 0.05) is 0 Å². The van der Waals surface area contributed by atoms with Crippen LogP contribution in [0.15, 0.2) is 17.1 Å². The van der Waals surface area contributed by atoms with Gasteiger partial charge in [0.2, 0.25) is 0 Å². The Balaban J connectivity index is 3.68. The molecule has 0 aromatic carbocycles. The molecule has 0 spiro atoms. The highest BCUT2D eigenvalue weighted by Gasteiger charge is 1.90. The minimum absolute atomic E-state index is 0.0278. The number of allylic oxidation sites excluding steroid dienone is 1. The summed E-state index contributed by atoms with van der Waals surface area (Å²) in [6, 6.07) is 0. The zero-order chi connectivity index (χ0) is 7.11. The topological polar surface area (TPSA) is 50.4 Å². The minimum Gasteiger partial charge on any atom is -0.390 e. The first-order valence-corrected chi connectivity index (χ1v) is 2.88. The van der Waals surface area contributed by atoms with Gasteiger partial charge in [-0.3, -0.25) is 10.3 Å². The summed E-state index contributed by atoms with van der Waals surface area (Å²) < 4.78 is 0. The standard InChI is InChI=1S/C6H13N3/c1-3-4-6(8-2)9-5-7/h3-6,8H,1-2H3,(H2,7,9)/b4-3+. The zero-order valence-electron chi connectivity index (χ0n) is 5.83. The van der Waals surface area contributed by atoms with E-state index in [9.17, 15) is 0 Å². The molecule has 0 aliphatic rings. The van der Waals surface area contributed by atoms with Gasteiger partial charge in [-0.1, -0.05) is 12.2 Å². The number of aliphatic imine (C=N–C) groups is 1. The van der Waals surface area contributed by atoms with Gasteiger partial charge in [-0.15, -0.1) is 0 Å². The first kappa shape index (κ1) is 8.17. The van der Waals surface area contributed by atoms with E-state index in [1.165, 1.54) is 6.34 Å². The lowest BCUT2D eigenvalue weighted by atomic mass is 10.4. The minimum atomic E-state index is 0.0278. The smallest absolute Gasteiger partial charge is 0.120 e. The third kappa shape index (κ3) is 3.73. The van der Waals surface area contributed by atoms with E-state index in [0.29, 0.717) is 0 Å². The van der Waals surface area contributed by atoms with Crippen molar-refractivity contribution in [2.45, 2.75) is 13.1 Å². The van der Waals surface area contributed by atoms with Crippen molar-refractivity contribution < 1.29 is 0 Å². The average Bonchev–Trinajstić information content (AvgIpc) is 1.88. The Morgan fingerprint density at radius 1 is 1.67 bits per heavy atom. The van der Waals surface area contributed by atoms with Gasteiger partial charge < -0.3 is 5.73 Å². The van der Waals surface area contributed by atoms with E-state index in [1.807, 2.05) is 26.1 Å². The number of hydrogen-bond acceptors (Lipinski definition) is 2. The van der Waals surface area contributed by atoms with Gasteiger partial charge in [-0.05, 0) is 14.0 Å². The molecule has 0 aliphatic heterocycles. The van der Waals surface area contributed by atoms with Crippen LogP contribution in [0.25, 0.3) is 0 Å².